The SMILES string of the molecule is ClCc1nc2cccnc2n1-c1cccc(Cl)c1Cl. The summed E-state index contributed by atoms with van der Waals surface area (Å²) in [5, 5.41) is 0.943. The molecule has 3 nitrogen and oxygen atoms in total. The molecular formula is C13H8Cl3N3. The third-order valence-corrected chi connectivity index (χ3v) is 3.83. The molecule has 0 saturated heterocycles. The molecule has 0 N–H and O–H groups in total. The molecule has 19 heavy (non-hydrogen) atoms. The Labute approximate surface area is 124 Å². The molecule has 1 aromatic carbocycles. The van der Waals surface area contributed by atoms with E-state index in [0.717, 1.165) is 11.2 Å². The Bertz CT molecular complexity index is 752. The molecule has 96 valence electrons. The maximum atomic E-state index is 6.26. The molecule has 0 aliphatic rings. The van der Waals surface area contributed by atoms with Crippen LogP contribution < -0.4 is 0 Å². The summed E-state index contributed by atoms with van der Waals surface area (Å²) in [7, 11) is 0. The molecule has 2 heterocycles. The standard InChI is InChI=1S/C13H8Cl3N3/c14-7-11-18-9-4-2-6-17-13(9)19(11)10-5-1-3-8(15)12(10)16/h1-6H,7H2. The van der Waals surface area contributed by atoms with E-state index in [9.17, 15) is 0 Å². The second-order valence-corrected chi connectivity index (χ2v) is 4.97. The minimum atomic E-state index is 0.263. The quantitative estimate of drug-likeness (QED) is 0.654. The minimum Gasteiger partial charge on any atom is -0.278 e. The zero-order valence-electron chi connectivity index (χ0n) is 9.65. The van der Waals surface area contributed by atoms with Crippen LogP contribution in [0.2, 0.25) is 10.0 Å². The minimum absolute atomic E-state index is 0.263. The van der Waals surface area contributed by atoms with Crippen molar-refractivity contribution in [1.82, 2.24) is 14.5 Å². The molecule has 0 unspecified atom stereocenters. The zero-order valence-corrected chi connectivity index (χ0v) is 11.9. The number of hydrogen-bond acceptors (Lipinski definition) is 2. The summed E-state index contributed by atoms with van der Waals surface area (Å²) in [5.41, 5.74) is 2.21. The smallest absolute Gasteiger partial charge is 0.164 e. The molecule has 2 aromatic heterocycles. The van der Waals surface area contributed by atoms with Crippen molar-refractivity contribution >= 4 is 46.0 Å². The summed E-state index contributed by atoms with van der Waals surface area (Å²) in [6, 6.07) is 9.14. The molecule has 0 amide bonds. The number of rotatable bonds is 2. The fraction of sp³-hybridized carbons (Fsp3) is 0.0769. The Morgan fingerprint density at radius 1 is 1.11 bits per heavy atom. The van der Waals surface area contributed by atoms with Gasteiger partial charge in [-0.1, -0.05) is 29.3 Å². The average Bonchev–Trinajstić information content (AvgIpc) is 2.80. The lowest BCUT2D eigenvalue weighted by Gasteiger charge is -2.09. The third kappa shape index (κ3) is 2.08. The Balaban J connectivity index is 2.38. The van der Waals surface area contributed by atoms with Crippen LogP contribution in [0.1, 0.15) is 5.82 Å². The number of pyridine rings is 1. The fourth-order valence-electron chi connectivity index (χ4n) is 1.97. The molecule has 3 aromatic rings. The van der Waals surface area contributed by atoms with Crippen LogP contribution >= 0.6 is 34.8 Å². The van der Waals surface area contributed by atoms with E-state index in [0.29, 0.717) is 21.5 Å². The zero-order chi connectivity index (χ0) is 13.4. The van der Waals surface area contributed by atoms with Crippen LogP contribution in [0.3, 0.4) is 0 Å². The van der Waals surface area contributed by atoms with Gasteiger partial charge in [-0.05, 0) is 24.3 Å². The van der Waals surface area contributed by atoms with E-state index in [1.807, 2.05) is 28.8 Å². The van der Waals surface area contributed by atoms with Gasteiger partial charge in [0.05, 0.1) is 21.6 Å². The Morgan fingerprint density at radius 2 is 1.95 bits per heavy atom. The predicted octanol–water partition coefficient (Wildman–Crippen LogP) is 4.47. The highest BCUT2D eigenvalue weighted by Crippen LogP contribution is 2.31. The van der Waals surface area contributed by atoms with Crippen molar-refractivity contribution in [1.29, 1.82) is 0 Å². The van der Waals surface area contributed by atoms with Crippen molar-refractivity contribution in [3.63, 3.8) is 0 Å². The van der Waals surface area contributed by atoms with E-state index >= 15 is 0 Å². The van der Waals surface area contributed by atoms with Crippen LogP contribution in [0.25, 0.3) is 16.9 Å². The molecule has 0 aliphatic heterocycles. The molecule has 0 atom stereocenters. The van der Waals surface area contributed by atoms with Crippen LogP contribution in [0.5, 0.6) is 0 Å². The molecule has 0 bridgehead atoms. The Morgan fingerprint density at radius 3 is 2.74 bits per heavy atom. The van der Waals surface area contributed by atoms with Crippen LogP contribution in [-0.2, 0) is 5.88 Å². The number of aromatic nitrogens is 3. The highest BCUT2D eigenvalue weighted by atomic mass is 35.5. The summed E-state index contributed by atoms with van der Waals surface area (Å²) in [6.45, 7) is 0. The molecule has 3 rings (SSSR count). The molecule has 0 fully saturated rings. The summed E-state index contributed by atoms with van der Waals surface area (Å²) in [4.78, 5) is 8.78. The average molecular weight is 313 g/mol. The predicted molar refractivity (Wildman–Crippen MR) is 78.4 cm³/mol. The summed E-state index contributed by atoms with van der Waals surface area (Å²) in [6.07, 6.45) is 1.71. The normalized spacial score (nSPS) is 11.1. The number of nitrogens with zero attached hydrogens (tertiary/aromatic N) is 3. The van der Waals surface area contributed by atoms with E-state index < -0.39 is 0 Å². The van der Waals surface area contributed by atoms with Gasteiger partial charge in [0.2, 0.25) is 0 Å². The second-order valence-electron chi connectivity index (χ2n) is 3.92. The largest absolute Gasteiger partial charge is 0.278 e. The number of halogens is 3. The lowest BCUT2D eigenvalue weighted by Crippen LogP contribution is -2.01. The van der Waals surface area contributed by atoms with E-state index in [-0.39, 0.29) is 5.88 Å². The van der Waals surface area contributed by atoms with Crippen molar-refractivity contribution in [3.05, 3.63) is 52.4 Å². The van der Waals surface area contributed by atoms with Gasteiger partial charge in [0.1, 0.15) is 11.3 Å². The molecule has 0 aliphatic carbocycles. The number of hydrogen-bond donors (Lipinski definition) is 0. The number of imidazole rings is 1. The van der Waals surface area contributed by atoms with Gasteiger partial charge < -0.3 is 0 Å². The van der Waals surface area contributed by atoms with Gasteiger partial charge in [-0.2, -0.15) is 0 Å². The number of fused-ring (bicyclic) bond motifs is 1. The van der Waals surface area contributed by atoms with Gasteiger partial charge >= 0.3 is 0 Å². The first kappa shape index (κ1) is 12.7. The van der Waals surface area contributed by atoms with E-state index in [1.165, 1.54) is 0 Å². The first-order valence-corrected chi connectivity index (χ1v) is 6.84. The first-order chi connectivity index (χ1) is 9.22. The monoisotopic (exact) mass is 311 g/mol. The van der Waals surface area contributed by atoms with Gasteiger partial charge in [0, 0.05) is 6.20 Å². The van der Waals surface area contributed by atoms with Gasteiger partial charge in [0.15, 0.2) is 5.65 Å². The molecular weight excluding hydrogens is 305 g/mol. The number of alkyl halides is 1. The third-order valence-electron chi connectivity index (χ3n) is 2.78. The molecule has 0 saturated carbocycles. The summed E-state index contributed by atoms with van der Waals surface area (Å²) in [5.74, 6) is 0.943. The van der Waals surface area contributed by atoms with Gasteiger partial charge in [-0.3, -0.25) is 4.57 Å². The van der Waals surface area contributed by atoms with Crippen LogP contribution in [0, 0.1) is 0 Å². The Hall–Kier alpha value is -1.29. The fourth-order valence-corrected chi connectivity index (χ4v) is 2.53. The topological polar surface area (TPSA) is 30.7 Å². The van der Waals surface area contributed by atoms with Crippen LogP contribution in [0.15, 0.2) is 36.5 Å². The lowest BCUT2D eigenvalue weighted by atomic mass is 10.3. The van der Waals surface area contributed by atoms with Crippen molar-refractivity contribution in [3.8, 4) is 5.69 Å². The first-order valence-electron chi connectivity index (χ1n) is 5.55. The van der Waals surface area contributed by atoms with Gasteiger partial charge in [-0.15, -0.1) is 11.6 Å². The van der Waals surface area contributed by atoms with Crippen LogP contribution in [0.4, 0.5) is 0 Å². The molecule has 0 spiro atoms. The van der Waals surface area contributed by atoms with E-state index in [2.05, 4.69) is 9.97 Å². The molecule has 0 radical (unpaired) electrons. The highest BCUT2D eigenvalue weighted by molar-refractivity contribution is 6.43. The number of benzene rings is 1. The van der Waals surface area contributed by atoms with Gasteiger partial charge in [0.25, 0.3) is 0 Å². The van der Waals surface area contributed by atoms with Crippen molar-refractivity contribution in [2.24, 2.45) is 0 Å². The highest BCUT2D eigenvalue weighted by Gasteiger charge is 2.15. The van der Waals surface area contributed by atoms with E-state index in [4.69, 9.17) is 34.8 Å². The van der Waals surface area contributed by atoms with Crippen molar-refractivity contribution in [2.45, 2.75) is 5.88 Å². The summed E-state index contributed by atoms with van der Waals surface area (Å²) < 4.78 is 1.83. The van der Waals surface area contributed by atoms with Crippen molar-refractivity contribution < 1.29 is 0 Å². The van der Waals surface area contributed by atoms with Crippen LogP contribution in [-0.4, -0.2) is 14.5 Å². The van der Waals surface area contributed by atoms with E-state index in [1.54, 1.807) is 12.3 Å². The van der Waals surface area contributed by atoms with Crippen molar-refractivity contribution in [2.75, 3.05) is 0 Å². The molecule has 6 heteroatoms. The maximum absolute atomic E-state index is 6.26. The second kappa shape index (κ2) is 5.00. The Kier molecular flexibility index (Phi) is 3.35. The lowest BCUT2D eigenvalue weighted by molar-refractivity contribution is 0.970. The van der Waals surface area contributed by atoms with Gasteiger partial charge in [-0.25, -0.2) is 9.97 Å². The maximum Gasteiger partial charge on any atom is 0.164 e. The summed E-state index contributed by atoms with van der Waals surface area (Å²) >= 11 is 18.3.